The molecule has 19 heavy (non-hydrogen) atoms. The quantitative estimate of drug-likeness (QED) is 0.576. The Morgan fingerprint density at radius 2 is 1.68 bits per heavy atom. The summed E-state index contributed by atoms with van der Waals surface area (Å²) in [7, 11) is 0. The van der Waals surface area contributed by atoms with Gasteiger partial charge in [-0.3, -0.25) is 0 Å². The topological polar surface area (TPSA) is 4.93 Å². The SMILES string of the molecule is Clc1ccc2c(ccn2Cc2ccc(Cl)c(Cl)c2)c1. The van der Waals surface area contributed by atoms with Gasteiger partial charge in [0.1, 0.15) is 0 Å². The fourth-order valence-electron chi connectivity index (χ4n) is 2.14. The first-order valence-electron chi connectivity index (χ1n) is 5.82. The zero-order valence-corrected chi connectivity index (χ0v) is 12.2. The van der Waals surface area contributed by atoms with Crippen molar-refractivity contribution in [1.82, 2.24) is 4.57 Å². The molecule has 1 heterocycles. The van der Waals surface area contributed by atoms with Gasteiger partial charge < -0.3 is 4.57 Å². The van der Waals surface area contributed by atoms with Gasteiger partial charge in [0, 0.05) is 28.7 Å². The smallest absolute Gasteiger partial charge is 0.0595 e. The molecule has 3 aromatic rings. The summed E-state index contributed by atoms with van der Waals surface area (Å²) in [5.41, 5.74) is 2.26. The van der Waals surface area contributed by atoms with E-state index in [4.69, 9.17) is 34.8 Å². The summed E-state index contributed by atoms with van der Waals surface area (Å²) in [5, 5.41) is 3.04. The van der Waals surface area contributed by atoms with E-state index in [1.807, 2.05) is 42.6 Å². The molecule has 1 nitrogen and oxygen atoms in total. The fourth-order valence-corrected chi connectivity index (χ4v) is 2.64. The first-order chi connectivity index (χ1) is 9.13. The van der Waals surface area contributed by atoms with Gasteiger partial charge in [-0.1, -0.05) is 40.9 Å². The van der Waals surface area contributed by atoms with E-state index in [0.29, 0.717) is 10.0 Å². The third-order valence-electron chi connectivity index (χ3n) is 3.07. The fraction of sp³-hybridized carbons (Fsp3) is 0.0667. The average Bonchev–Trinajstić information content (AvgIpc) is 2.76. The molecule has 0 saturated heterocycles. The van der Waals surface area contributed by atoms with Crippen LogP contribution in [0.15, 0.2) is 48.7 Å². The van der Waals surface area contributed by atoms with Gasteiger partial charge in [0.2, 0.25) is 0 Å². The lowest BCUT2D eigenvalue weighted by Crippen LogP contribution is -1.97. The third-order valence-corrected chi connectivity index (χ3v) is 4.04. The Morgan fingerprint density at radius 3 is 2.47 bits per heavy atom. The Labute approximate surface area is 126 Å². The second kappa shape index (κ2) is 5.09. The lowest BCUT2D eigenvalue weighted by atomic mass is 10.2. The summed E-state index contributed by atoms with van der Waals surface area (Å²) < 4.78 is 2.16. The number of halogens is 3. The lowest BCUT2D eigenvalue weighted by Gasteiger charge is -2.07. The summed E-state index contributed by atoms with van der Waals surface area (Å²) in [4.78, 5) is 0. The van der Waals surface area contributed by atoms with E-state index in [2.05, 4.69) is 10.6 Å². The van der Waals surface area contributed by atoms with Crippen LogP contribution in [-0.2, 0) is 6.54 Å². The summed E-state index contributed by atoms with van der Waals surface area (Å²) >= 11 is 17.9. The molecule has 0 unspecified atom stereocenters. The van der Waals surface area contributed by atoms with Gasteiger partial charge in [-0.25, -0.2) is 0 Å². The maximum atomic E-state index is 6.03. The van der Waals surface area contributed by atoms with Crippen LogP contribution in [0.5, 0.6) is 0 Å². The first-order valence-corrected chi connectivity index (χ1v) is 6.95. The second-order valence-electron chi connectivity index (χ2n) is 4.40. The Balaban J connectivity index is 1.98. The summed E-state index contributed by atoms with van der Waals surface area (Å²) in [6.45, 7) is 0.752. The maximum absolute atomic E-state index is 6.03. The van der Waals surface area contributed by atoms with Crippen LogP contribution in [0.25, 0.3) is 10.9 Å². The summed E-state index contributed by atoms with van der Waals surface area (Å²) in [6.07, 6.45) is 2.05. The molecule has 0 aliphatic heterocycles. The van der Waals surface area contributed by atoms with Crippen molar-refractivity contribution >= 4 is 45.7 Å². The summed E-state index contributed by atoms with van der Waals surface area (Å²) in [6, 6.07) is 13.6. The zero-order chi connectivity index (χ0) is 13.4. The van der Waals surface area contributed by atoms with E-state index < -0.39 is 0 Å². The van der Waals surface area contributed by atoms with Crippen LogP contribution >= 0.6 is 34.8 Å². The van der Waals surface area contributed by atoms with Crippen LogP contribution in [0.1, 0.15) is 5.56 Å². The largest absolute Gasteiger partial charge is 0.343 e. The highest BCUT2D eigenvalue weighted by Crippen LogP contribution is 2.25. The van der Waals surface area contributed by atoms with Crippen molar-refractivity contribution in [3.05, 3.63) is 69.3 Å². The second-order valence-corrected chi connectivity index (χ2v) is 5.65. The third kappa shape index (κ3) is 2.59. The highest BCUT2D eigenvalue weighted by Gasteiger charge is 2.04. The van der Waals surface area contributed by atoms with Crippen LogP contribution in [0.3, 0.4) is 0 Å². The van der Waals surface area contributed by atoms with Crippen molar-refractivity contribution in [2.75, 3.05) is 0 Å². The van der Waals surface area contributed by atoms with Crippen LogP contribution in [0.2, 0.25) is 15.1 Å². The predicted molar refractivity (Wildman–Crippen MR) is 82.5 cm³/mol. The number of nitrogens with zero attached hydrogens (tertiary/aromatic N) is 1. The first kappa shape index (κ1) is 12.9. The van der Waals surface area contributed by atoms with Gasteiger partial charge in [-0.05, 0) is 42.0 Å². The Morgan fingerprint density at radius 1 is 0.842 bits per heavy atom. The molecule has 3 rings (SSSR count). The number of hydrogen-bond acceptors (Lipinski definition) is 0. The molecule has 0 amide bonds. The number of aromatic nitrogens is 1. The molecule has 0 saturated carbocycles. The Kier molecular flexibility index (Phi) is 3.44. The normalized spacial score (nSPS) is 11.1. The molecule has 0 atom stereocenters. The number of hydrogen-bond donors (Lipinski definition) is 0. The van der Waals surface area contributed by atoms with Gasteiger partial charge in [-0.2, -0.15) is 0 Å². The highest BCUT2D eigenvalue weighted by atomic mass is 35.5. The molecule has 96 valence electrons. The van der Waals surface area contributed by atoms with Crippen LogP contribution in [0.4, 0.5) is 0 Å². The average molecular weight is 311 g/mol. The van der Waals surface area contributed by atoms with Gasteiger partial charge in [0.05, 0.1) is 10.0 Å². The minimum atomic E-state index is 0.578. The van der Waals surface area contributed by atoms with Gasteiger partial charge >= 0.3 is 0 Å². The van der Waals surface area contributed by atoms with Crippen LogP contribution < -0.4 is 0 Å². The van der Waals surface area contributed by atoms with Crippen molar-refractivity contribution in [1.29, 1.82) is 0 Å². The molecule has 1 aromatic heterocycles. The van der Waals surface area contributed by atoms with Crippen molar-refractivity contribution in [2.45, 2.75) is 6.54 Å². The molecule has 0 fully saturated rings. The molecule has 2 aromatic carbocycles. The number of fused-ring (bicyclic) bond motifs is 1. The van der Waals surface area contributed by atoms with E-state index >= 15 is 0 Å². The van der Waals surface area contributed by atoms with Crippen molar-refractivity contribution in [3.8, 4) is 0 Å². The molecule has 4 heteroatoms. The molecule has 0 spiro atoms. The highest BCUT2D eigenvalue weighted by molar-refractivity contribution is 6.42. The number of benzene rings is 2. The molecule has 0 aliphatic carbocycles. The lowest BCUT2D eigenvalue weighted by molar-refractivity contribution is 0.837. The monoisotopic (exact) mass is 309 g/mol. The van der Waals surface area contributed by atoms with Gasteiger partial charge in [0.25, 0.3) is 0 Å². The van der Waals surface area contributed by atoms with E-state index in [0.717, 1.165) is 28.0 Å². The van der Waals surface area contributed by atoms with E-state index in [1.165, 1.54) is 0 Å². The minimum Gasteiger partial charge on any atom is -0.343 e. The van der Waals surface area contributed by atoms with Crippen molar-refractivity contribution < 1.29 is 0 Å². The zero-order valence-electron chi connectivity index (χ0n) is 9.91. The van der Waals surface area contributed by atoms with Gasteiger partial charge in [-0.15, -0.1) is 0 Å². The van der Waals surface area contributed by atoms with Crippen LogP contribution in [0, 0.1) is 0 Å². The molecular weight excluding hydrogens is 301 g/mol. The number of rotatable bonds is 2. The molecular formula is C15H10Cl3N. The Hall–Kier alpha value is -1.15. The Bertz CT molecular complexity index is 746. The van der Waals surface area contributed by atoms with Gasteiger partial charge in [0.15, 0.2) is 0 Å². The minimum absolute atomic E-state index is 0.578. The molecule has 0 aliphatic rings. The molecule has 0 N–H and O–H groups in total. The molecule has 0 radical (unpaired) electrons. The van der Waals surface area contributed by atoms with Crippen LogP contribution in [-0.4, -0.2) is 4.57 Å². The van der Waals surface area contributed by atoms with Crippen molar-refractivity contribution in [3.63, 3.8) is 0 Å². The maximum Gasteiger partial charge on any atom is 0.0595 e. The predicted octanol–water partition coefficient (Wildman–Crippen LogP) is 5.65. The van der Waals surface area contributed by atoms with Crippen molar-refractivity contribution in [2.24, 2.45) is 0 Å². The van der Waals surface area contributed by atoms with E-state index in [-0.39, 0.29) is 0 Å². The molecule has 0 bridgehead atoms. The van der Waals surface area contributed by atoms with E-state index in [1.54, 1.807) is 0 Å². The van der Waals surface area contributed by atoms with E-state index in [9.17, 15) is 0 Å². The standard InChI is InChI=1S/C15H10Cl3N/c16-12-2-4-15-11(8-12)5-6-19(15)9-10-1-3-13(17)14(18)7-10/h1-8H,9H2. The summed E-state index contributed by atoms with van der Waals surface area (Å²) in [5.74, 6) is 0.